The highest BCUT2D eigenvalue weighted by Crippen LogP contribution is 2.37. The molecule has 4 aromatic rings. The summed E-state index contributed by atoms with van der Waals surface area (Å²) in [6, 6.07) is 15.9. The van der Waals surface area contributed by atoms with Crippen LogP contribution in [0.15, 0.2) is 67.1 Å². The van der Waals surface area contributed by atoms with Crippen LogP contribution in [0.25, 0.3) is 11.1 Å². The lowest BCUT2D eigenvalue weighted by Crippen LogP contribution is -2.25. The van der Waals surface area contributed by atoms with Crippen molar-refractivity contribution in [1.82, 2.24) is 15.0 Å². The highest BCUT2D eigenvalue weighted by molar-refractivity contribution is 6.12. The molecule has 4 heterocycles. The maximum Gasteiger partial charge on any atom is 0.261 e. The lowest BCUT2D eigenvalue weighted by molar-refractivity contribution is 0.0994. The third-order valence-corrected chi connectivity index (χ3v) is 6.48. The first kappa shape index (κ1) is 23.5. The van der Waals surface area contributed by atoms with Crippen LogP contribution in [-0.4, -0.2) is 41.1 Å². The Balaban J connectivity index is 1.32. The number of hydrogen-bond donors (Lipinski definition) is 0. The van der Waals surface area contributed by atoms with Crippen LogP contribution < -0.4 is 14.5 Å². The lowest BCUT2D eigenvalue weighted by Gasteiger charge is -2.22. The molecule has 1 aromatic carbocycles. The predicted octanol–water partition coefficient (Wildman–Crippen LogP) is 5.52. The van der Waals surface area contributed by atoms with Gasteiger partial charge in [-0.15, -0.1) is 0 Å². The number of aryl methyl sites for hydroxylation is 2. The third kappa shape index (κ3) is 4.40. The maximum atomic E-state index is 13.3. The van der Waals surface area contributed by atoms with Crippen LogP contribution in [0.3, 0.4) is 0 Å². The molecule has 1 amide bonds. The van der Waals surface area contributed by atoms with E-state index in [1.807, 2.05) is 68.4 Å². The highest BCUT2D eigenvalue weighted by atomic mass is 16.5. The molecule has 0 unspecified atom stereocenters. The molecule has 7 nitrogen and oxygen atoms in total. The summed E-state index contributed by atoms with van der Waals surface area (Å²) in [7, 11) is 1.78. The normalized spacial score (nSPS) is 12.7. The van der Waals surface area contributed by atoms with Crippen LogP contribution in [0.2, 0.25) is 0 Å². The number of carbonyl (C=O) groups is 1. The average molecular weight is 480 g/mol. The van der Waals surface area contributed by atoms with Gasteiger partial charge in [-0.25, -0.2) is 9.97 Å². The van der Waals surface area contributed by atoms with Crippen molar-refractivity contribution in [1.29, 1.82) is 0 Å². The van der Waals surface area contributed by atoms with E-state index >= 15 is 0 Å². The van der Waals surface area contributed by atoms with E-state index in [9.17, 15) is 4.79 Å². The van der Waals surface area contributed by atoms with E-state index in [1.54, 1.807) is 18.1 Å². The van der Waals surface area contributed by atoms with Gasteiger partial charge in [0.1, 0.15) is 11.6 Å². The molecule has 1 aliphatic heterocycles. The Morgan fingerprint density at radius 1 is 0.917 bits per heavy atom. The number of fused-ring (bicyclic) bond motifs is 2. The van der Waals surface area contributed by atoms with Crippen LogP contribution >= 0.6 is 0 Å². The Kier molecular flexibility index (Phi) is 6.38. The van der Waals surface area contributed by atoms with Crippen molar-refractivity contribution in [2.75, 3.05) is 30.0 Å². The van der Waals surface area contributed by atoms with Crippen molar-refractivity contribution in [3.8, 4) is 16.9 Å². The summed E-state index contributed by atoms with van der Waals surface area (Å²) in [5.41, 5.74) is 6.55. The second-order valence-corrected chi connectivity index (χ2v) is 8.94. The van der Waals surface area contributed by atoms with Gasteiger partial charge in [0.25, 0.3) is 5.91 Å². The molecule has 3 aromatic heterocycles. The number of nitrogens with zero attached hydrogens (tertiary/aromatic N) is 5. The van der Waals surface area contributed by atoms with Gasteiger partial charge < -0.3 is 14.5 Å². The van der Waals surface area contributed by atoms with Crippen LogP contribution in [-0.2, 0) is 6.42 Å². The van der Waals surface area contributed by atoms with Gasteiger partial charge in [-0.2, -0.15) is 0 Å². The van der Waals surface area contributed by atoms with E-state index in [0.29, 0.717) is 31.0 Å². The van der Waals surface area contributed by atoms with E-state index < -0.39 is 0 Å². The SMILES string of the molecule is CCN1c2ncc(CCOc3ccc(-c4ccc(C)nc4)cc3C)cc2C(=O)N(C)c2cccnc21. The summed E-state index contributed by atoms with van der Waals surface area (Å²) < 4.78 is 6.10. The zero-order valence-electron chi connectivity index (χ0n) is 21.0. The molecule has 182 valence electrons. The number of anilines is 3. The molecule has 0 saturated carbocycles. The molecule has 0 fully saturated rings. The van der Waals surface area contributed by atoms with Crippen LogP contribution in [0.5, 0.6) is 5.75 Å². The Morgan fingerprint density at radius 3 is 2.50 bits per heavy atom. The van der Waals surface area contributed by atoms with Gasteiger partial charge in [-0.3, -0.25) is 9.78 Å². The highest BCUT2D eigenvalue weighted by Gasteiger charge is 2.30. The molecule has 0 aliphatic carbocycles. The second kappa shape index (κ2) is 9.77. The fourth-order valence-corrected chi connectivity index (χ4v) is 4.47. The minimum atomic E-state index is -0.0949. The molecule has 0 N–H and O–H groups in total. The molecular formula is C29H29N5O2. The van der Waals surface area contributed by atoms with Gasteiger partial charge in [0.15, 0.2) is 5.82 Å². The summed E-state index contributed by atoms with van der Waals surface area (Å²) in [4.78, 5) is 30.6. The third-order valence-electron chi connectivity index (χ3n) is 6.48. The van der Waals surface area contributed by atoms with Crippen molar-refractivity contribution in [2.45, 2.75) is 27.2 Å². The minimum absolute atomic E-state index is 0.0949. The maximum absolute atomic E-state index is 13.3. The number of hydrogen-bond acceptors (Lipinski definition) is 6. The number of pyridine rings is 3. The Morgan fingerprint density at radius 2 is 1.75 bits per heavy atom. The minimum Gasteiger partial charge on any atom is -0.493 e. The summed E-state index contributed by atoms with van der Waals surface area (Å²) >= 11 is 0. The first-order valence-electron chi connectivity index (χ1n) is 12.1. The molecule has 1 aliphatic rings. The van der Waals surface area contributed by atoms with Gasteiger partial charge >= 0.3 is 0 Å². The van der Waals surface area contributed by atoms with Crippen molar-refractivity contribution in [3.05, 3.63) is 89.5 Å². The number of carbonyl (C=O) groups excluding carboxylic acids is 1. The Bertz CT molecular complexity index is 1420. The van der Waals surface area contributed by atoms with E-state index in [4.69, 9.17) is 4.74 Å². The largest absolute Gasteiger partial charge is 0.493 e. The smallest absolute Gasteiger partial charge is 0.261 e. The fraction of sp³-hybridized carbons (Fsp3) is 0.241. The summed E-state index contributed by atoms with van der Waals surface area (Å²) in [5, 5.41) is 0. The van der Waals surface area contributed by atoms with E-state index in [-0.39, 0.29) is 5.91 Å². The van der Waals surface area contributed by atoms with Crippen LogP contribution in [0.1, 0.15) is 34.1 Å². The number of benzene rings is 1. The van der Waals surface area contributed by atoms with E-state index in [1.165, 1.54) is 0 Å². The molecule has 0 spiro atoms. The molecule has 5 rings (SSSR count). The zero-order valence-corrected chi connectivity index (χ0v) is 21.0. The standard InChI is InChI=1S/C29H29N5O2/c1-5-34-27-24(29(35)33(4)25-7-6-13-30-28(25)34)16-21(17-32-27)12-14-36-26-11-10-22(15-19(26)2)23-9-8-20(3)31-18-23/h6-11,13,15-18H,5,12,14H2,1-4H3. The average Bonchev–Trinajstić information content (AvgIpc) is 2.98. The van der Waals surface area contributed by atoms with Crippen molar-refractivity contribution < 1.29 is 9.53 Å². The number of ether oxygens (including phenoxy) is 1. The predicted molar refractivity (Wildman–Crippen MR) is 142 cm³/mol. The van der Waals surface area contributed by atoms with Crippen molar-refractivity contribution in [3.63, 3.8) is 0 Å². The Hall–Kier alpha value is -4.26. The van der Waals surface area contributed by atoms with Gasteiger partial charge in [0, 0.05) is 49.9 Å². The molecule has 0 saturated heterocycles. The quantitative estimate of drug-likeness (QED) is 0.362. The van der Waals surface area contributed by atoms with Gasteiger partial charge in [-0.1, -0.05) is 12.1 Å². The van der Waals surface area contributed by atoms with Crippen molar-refractivity contribution >= 4 is 23.2 Å². The van der Waals surface area contributed by atoms with Crippen LogP contribution in [0, 0.1) is 13.8 Å². The second-order valence-electron chi connectivity index (χ2n) is 8.94. The Labute approximate surface area is 211 Å². The first-order valence-corrected chi connectivity index (χ1v) is 12.1. The summed E-state index contributed by atoms with van der Waals surface area (Å²) in [6.07, 6.45) is 6.09. The molecule has 7 heteroatoms. The monoisotopic (exact) mass is 479 g/mol. The first-order chi connectivity index (χ1) is 17.5. The molecule has 0 atom stereocenters. The summed E-state index contributed by atoms with van der Waals surface area (Å²) in [5.74, 6) is 2.12. The number of aromatic nitrogens is 3. The molecule has 0 radical (unpaired) electrons. The molecular weight excluding hydrogens is 450 g/mol. The van der Waals surface area contributed by atoms with Crippen molar-refractivity contribution in [2.24, 2.45) is 0 Å². The molecule has 36 heavy (non-hydrogen) atoms. The summed E-state index contributed by atoms with van der Waals surface area (Å²) in [6.45, 7) is 7.20. The van der Waals surface area contributed by atoms with E-state index in [0.717, 1.165) is 45.2 Å². The van der Waals surface area contributed by atoms with Gasteiger partial charge in [-0.05, 0) is 73.9 Å². The number of amides is 1. The number of rotatable bonds is 6. The van der Waals surface area contributed by atoms with Gasteiger partial charge in [0.05, 0.1) is 17.9 Å². The fourth-order valence-electron chi connectivity index (χ4n) is 4.47. The lowest BCUT2D eigenvalue weighted by atomic mass is 10.0. The van der Waals surface area contributed by atoms with Gasteiger partial charge in [0.2, 0.25) is 0 Å². The molecule has 0 bridgehead atoms. The topological polar surface area (TPSA) is 71.5 Å². The van der Waals surface area contributed by atoms with Crippen LogP contribution in [0.4, 0.5) is 17.3 Å². The van der Waals surface area contributed by atoms with E-state index in [2.05, 4.69) is 33.2 Å². The zero-order chi connectivity index (χ0) is 25.2.